The first-order valence-electron chi connectivity index (χ1n) is 22.3. The maximum absolute atomic E-state index is 15.4. The molecule has 3 fully saturated rings. The van der Waals surface area contributed by atoms with E-state index in [0.29, 0.717) is 86.8 Å². The number of benzene rings is 2. The van der Waals surface area contributed by atoms with Gasteiger partial charge in [-0.25, -0.2) is 18.4 Å². The number of piperazine rings is 1. The van der Waals surface area contributed by atoms with E-state index in [0.717, 1.165) is 35.0 Å². The molecule has 4 amide bonds. The molecule has 3 aromatic heterocycles. The van der Waals surface area contributed by atoms with Crippen molar-refractivity contribution in [3.05, 3.63) is 82.7 Å². The number of hydrogen-bond donors (Lipinski definition) is 2. The van der Waals surface area contributed by atoms with Crippen LogP contribution in [-0.2, 0) is 34.5 Å². The van der Waals surface area contributed by atoms with Gasteiger partial charge in [0.1, 0.15) is 11.6 Å². The SMILES string of the molecule is Cc1cc2cc(n1)-c1cnn(C)c1OCCC[C@@H](C)Cn1c(nc3ccc(CN4C[C@@H](C)N(C(=O)[C@@H]5CCN(c6cc(F)c([C@H]7CCC(=O)NC7=O)c(F)c6)C5)C[C@H]4C)cc31)NC2=O. The third-order valence-electron chi connectivity index (χ3n) is 13.3. The van der Waals surface area contributed by atoms with Gasteiger partial charge in [-0.2, -0.15) is 5.10 Å². The summed E-state index contributed by atoms with van der Waals surface area (Å²) < 4.78 is 40.8. The van der Waals surface area contributed by atoms with Crippen LogP contribution in [0.15, 0.2) is 48.7 Å². The Morgan fingerprint density at radius 3 is 2.48 bits per heavy atom. The summed E-state index contributed by atoms with van der Waals surface area (Å²) in [4.78, 5) is 67.8. The molecule has 9 rings (SSSR count). The fourth-order valence-electron chi connectivity index (χ4n) is 9.88. The molecule has 3 saturated heterocycles. The van der Waals surface area contributed by atoms with Gasteiger partial charge in [-0.3, -0.25) is 39.7 Å². The number of nitrogens with zero attached hydrogens (tertiary/aromatic N) is 8. The van der Waals surface area contributed by atoms with Crippen LogP contribution in [0, 0.1) is 30.4 Å². The lowest BCUT2D eigenvalue weighted by atomic mass is 9.89. The number of fused-ring (bicyclic) bond motifs is 7. The summed E-state index contributed by atoms with van der Waals surface area (Å²) in [5.74, 6) is -3.14. The van der Waals surface area contributed by atoms with E-state index >= 15 is 8.78 Å². The molecule has 0 aliphatic carbocycles. The molecule has 2 N–H and O–H groups in total. The second-order valence-electron chi connectivity index (χ2n) is 18.2. The lowest BCUT2D eigenvalue weighted by Crippen LogP contribution is -2.58. The molecule has 7 heterocycles. The van der Waals surface area contributed by atoms with Crippen molar-refractivity contribution in [1.82, 2.24) is 39.4 Å². The molecule has 5 atom stereocenters. The molecule has 4 aliphatic rings. The normalized spacial score (nSPS) is 23.5. The van der Waals surface area contributed by atoms with E-state index in [1.165, 1.54) is 12.1 Å². The maximum Gasteiger partial charge on any atom is 0.258 e. The molecule has 0 radical (unpaired) electrons. The molecule has 2 bridgehead atoms. The lowest BCUT2D eigenvalue weighted by Gasteiger charge is -2.45. The highest BCUT2D eigenvalue weighted by Gasteiger charge is 2.39. The van der Waals surface area contributed by atoms with Gasteiger partial charge in [-0.15, -0.1) is 0 Å². The first-order valence-corrected chi connectivity index (χ1v) is 22.3. The zero-order valence-corrected chi connectivity index (χ0v) is 36.9. The minimum atomic E-state index is -1.07. The standard InChI is InChI=1S/C47H54F2N10O5/c1-26-7-6-14-64-46-35(20-50-55(46)5)39-17-32(15-27(2)51-39)43(61)54-47-52-38-10-8-30(16-40(38)59(47)21-26)24-57-22-29(4)58(23-28(57)3)45(63)31-12-13-56(25-31)33-18-36(48)42(37(49)19-33)34-9-11-41(60)53-44(34)62/h8,10,15-20,26,28-29,31,34H,6-7,9,11-14,21-25H2,1-5H3,(H,52,54,61)(H,53,60,62)/t26-,28-,29-,31-,34-/m1/s1. The van der Waals surface area contributed by atoms with E-state index < -0.39 is 29.4 Å². The third-order valence-corrected chi connectivity index (χ3v) is 13.3. The monoisotopic (exact) mass is 876 g/mol. The number of rotatable bonds is 5. The summed E-state index contributed by atoms with van der Waals surface area (Å²) in [5, 5.41) is 9.69. The predicted molar refractivity (Wildman–Crippen MR) is 236 cm³/mol. The zero-order valence-electron chi connectivity index (χ0n) is 36.9. The van der Waals surface area contributed by atoms with E-state index in [2.05, 4.69) is 58.1 Å². The average Bonchev–Trinajstić information content (AvgIpc) is 3.98. The van der Waals surface area contributed by atoms with Crippen LogP contribution in [0.1, 0.15) is 86.0 Å². The number of aromatic nitrogens is 5. The molecule has 15 nitrogen and oxygen atoms in total. The predicted octanol–water partition coefficient (Wildman–Crippen LogP) is 5.95. The van der Waals surface area contributed by atoms with Gasteiger partial charge in [0.15, 0.2) is 0 Å². The minimum absolute atomic E-state index is 0.0181. The molecule has 64 heavy (non-hydrogen) atoms. The summed E-state index contributed by atoms with van der Waals surface area (Å²) in [6.07, 6.45) is 4.04. The Labute approximate surface area is 370 Å². The summed E-state index contributed by atoms with van der Waals surface area (Å²) >= 11 is 0. The Morgan fingerprint density at radius 1 is 0.906 bits per heavy atom. The number of imidazole rings is 1. The van der Waals surface area contributed by atoms with Crippen molar-refractivity contribution in [3.8, 4) is 17.1 Å². The zero-order chi connectivity index (χ0) is 45.0. The topological polar surface area (TPSA) is 160 Å². The molecular formula is C47H54F2N10O5. The highest BCUT2D eigenvalue weighted by atomic mass is 19.1. The van der Waals surface area contributed by atoms with Gasteiger partial charge in [0.05, 0.1) is 46.9 Å². The van der Waals surface area contributed by atoms with Crippen LogP contribution in [-0.4, -0.2) is 103 Å². The van der Waals surface area contributed by atoms with Crippen molar-refractivity contribution < 1.29 is 32.7 Å². The molecule has 17 heteroatoms. The number of hydrogen-bond acceptors (Lipinski definition) is 10. The molecule has 0 spiro atoms. The van der Waals surface area contributed by atoms with Crippen molar-refractivity contribution in [2.24, 2.45) is 18.9 Å². The van der Waals surface area contributed by atoms with Crippen LogP contribution >= 0.6 is 0 Å². The average molecular weight is 877 g/mol. The quantitative estimate of drug-likeness (QED) is 0.202. The highest BCUT2D eigenvalue weighted by Crippen LogP contribution is 2.36. The van der Waals surface area contributed by atoms with Gasteiger partial charge in [0, 0.05) is 87.3 Å². The number of amides is 4. The highest BCUT2D eigenvalue weighted by molar-refractivity contribution is 6.05. The van der Waals surface area contributed by atoms with Gasteiger partial charge in [-0.1, -0.05) is 13.0 Å². The molecule has 2 aromatic carbocycles. The van der Waals surface area contributed by atoms with Gasteiger partial charge >= 0.3 is 0 Å². The van der Waals surface area contributed by atoms with Crippen LogP contribution in [0.25, 0.3) is 22.3 Å². The number of carbonyl (C=O) groups excluding carboxylic acids is 4. The number of aryl methyl sites for hydroxylation is 2. The second kappa shape index (κ2) is 17.4. The molecular weight excluding hydrogens is 823 g/mol. The van der Waals surface area contributed by atoms with E-state index in [1.807, 2.05) is 29.8 Å². The van der Waals surface area contributed by atoms with Crippen LogP contribution < -0.4 is 20.3 Å². The minimum Gasteiger partial charge on any atom is -0.477 e. The van der Waals surface area contributed by atoms with Gasteiger partial charge in [-0.05, 0) is 94.3 Å². The molecule has 4 aliphatic heterocycles. The number of piperidine rings is 1. The Kier molecular flexibility index (Phi) is 11.7. The van der Waals surface area contributed by atoms with Crippen LogP contribution in [0.3, 0.4) is 0 Å². The summed E-state index contributed by atoms with van der Waals surface area (Å²) in [7, 11) is 1.83. The van der Waals surface area contributed by atoms with Crippen LogP contribution in [0.4, 0.5) is 20.4 Å². The Balaban J connectivity index is 0.881. The number of halogens is 2. The number of anilines is 2. The fraction of sp³-hybridized carbons (Fsp3) is 0.468. The largest absolute Gasteiger partial charge is 0.477 e. The smallest absolute Gasteiger partial charge is 0.258 e. The van der Waals surface area contributed by atoms with Gasteiger partial charge in [0.2, 0.25) is 29.5 Å². The van der Waals surface area contributed by atoms with Gasteiger partial charge < -0.3 is 19.1 Å². The maximum atomic E-state index is 15.4. The van der Waals surface area contributed by atoms with E-state index in [1.54, 1.807) is 23.0 Å². The number of nitrogens with one attached hydrogen (secondary N) is 2. The van der Waals surface area contributed by atoms with Crippen molar-refractivity contribution >= 4 is 46.3 Å². The third kappa shape index (κ3) is 8.44. The molecule has 5 aromatic rings. The van der Waals surface area contributed by atoms with E-state index in [9.17, 15) is 19.2 Å². The van der Waals surface area contributed by atoms with Gasteiger partial charge in [0.25, 0.3) is 5.91 Å². The van der Waals surface area contributed by atoms with Crippen LogP contribution in [0.5, 0.6) is 5.88 Å². The summed E-state index contributed by atoms with van der Waals surface area (Å²) in [6.45, 7) is 12.0. The Hall–Kier alpha value is -6.23. The lowest BCUT2D eigenvalue weighted by molar-refractivity contribution is -0.141. The number of pyridine rings is 1. The molecule has 0 saturated carbocycles. The number of imide groups is 1. The Morgan fingerprint density at radius 2 is 1.70 bits per heavy atom. The fourth-order valence-corrected chi connectivity index (χ4v) is 9.88. The van der Waals surface area contributed by atoms with E-state index in [-0.39, 0.29) is 54.1 Å². The second-order valence-corrected chi connectivity index (χ2v) is 18.2. The van der Waals surface area contributed by atoms with E-state index in [4.69, 9.17) is 14.7 Å². The van der Waals surface area contributed by atoms with Crippen molar-refractivity contribution in [2.75, 3.05) is 43.0 Å². The summed E-state index contributed by atoms with van der Waals surface area (Å²) in [6, 6.07) is 12.2. The molecule has 336 valence electrons. The van der Waals surface area contributed by atoms with Crippen molar-refractivity contribution in [2.45, 2.75) is 90.9 Å². The van der Waals surface area contributed by atoms with Crippen LogP contribution in [0.2, 0.25) is 0 Å². The number of carbonyl (C=O) groups is 4. The van der Waals surface area contributed by atoms with Crippen molar-refractivity contribution in [1.29, 1.82) is 0 Å². The van der Waals surface area contributed by atoms with Crippen molar-refractivity contribution in [3.63, 3.8) is 0 Å². The molecule has 0 unspecified atom stereocenters. The Bertz CT molecular complexity index is 2640. The number of ether oxygens (including phenoxy) is 1. The summed E-state index contributed by atoms with van der Waals surface area (Å²) in [5.41, 5.74) is 5.27. The first kappa shape index (κ1) is 43.0. The first-order chi connectivity index (χ1) is 30.7.